The van der Waals surface area contributed by atoms with E-state index in [1.54, 1.807) is 0 Å². The number of hydrogen-bond donors (Lipinski definition) is 2. The number of rotatable bonds is 4. The normalized spacial score (nSPS) is 11.5. The minimum atomic E-state index is -0.788. The summed E-state index contributed by atoms with van der Waals surface area (Å²) in [7, 11) is 2.68. The quantitative estimate of drug-likeness (QED) is 0.771. The molecule has 0 saturated heterocycles. The first-order valence-electron chi connectivity index (χ1n) is 5.25. The average molecular weight is 253 g/mol. The van der Waals surface area contributed by atoms with Gasteiger partial charge in [0.2, 0.25) is 0 Å². The van der Waals surface area contributed by atoms with E-state index < -0.39 is 17.9 Å². The fraction of sp³-hybridized carbons (Fsp3) is 0.333. The zero-order chi connectivity index (χ0) is 13.7. The van der Waals surface area contributed by atoms with Gasteiger partial charge in [-0.2, -0.15) is 0 Å². The molecule has 0 aliphatic heterocycles. The summed E-state index contributed by atoms with van der Waals surface area (Å²) in [4.78, 5) is 22.9. The van der Waals surface area contributed by atoms with Crippen molar-refractivity contribution in [2.24, 2.45) is 0 Å². The zero-order valence-electron chi connectivity index (χ0n) is 10.4. The third kappa shape index (κ3) is 3.13. The Morgan fingerprint density at radius 3 is 2.50 bits per heavy atom. The fourth-order valence-electron chi connectivity index (χ4n) is 1.34. The molecule has 1 unspecified atom stereocenters. The molecule has 1 atom stereocenters. The first kappa shape index (κ1) is 13.8. The maximum atomic E-state index is 11.8. The highest BCUT2D eigenvalue weighted by molar-refractivity contribution is 5.99. The Kier molecular flexibility index (Phi) is 4.53. The number of ether oxygens (including phenoxy) is 2. The molecule has 0 aliphatic carbocycles. The molecule has 0 radical (unpaired) electrons. The molecule has 0 bridgehead atoms. The maximum absolute atomic E-state index is 11.8. The molecule has 0 heterocycles. The van der Waals surface area contributed by atoms with Crippen LogP contribution in [0.2, 0.25) is 0 Å². The van der Waals surface area contributed by atoms with Crippen LogP contribution < -0.4 is 10.1 Å². The lowest BCUT2D eigenvalue weighted by Gasteiger charge is -2.12. The van der Waals surface area contributed by atoms with Crippen LogP contribution in [0, 0.1) is 0 Å². The lowest BCUT2D eigenvalue weighted by Crippen LogP contribution is -2.39. The van der Waals surface area contributed by atoms with Crippen molar-refractivity contribution >= 4 is 11.9 Å². The number of carbonyl (C=O) groups excluding carboxylic acids is 2. The van der Waals surface area contributed by atoms with Gasteiger partial charge in [-0.25, -0.2) is 4.79 Å². The number of phenols is 1. The molecule has 0 aromatic heterocycles. The third-order valence-electron chi connectivity index (χ3n) is 2.35. The maximum Gasteiger partial charge on any atom is 0.328 e. The van der Waals surface area contributed by atoms with Crippen LogP contribution in [0.3, 0.4) is 0 Å². The van der Waals surface area contributed by atoms with Gasteiger partial charge in [-0.1, -0.05) is 0 Å². The monoisotopic (exact) mass is 253 g/mol. The summed E-state index contributed by atoms with van der Waals surface area (Å²) in [6.45, 7) is 1.49. The van der Waals surface area contributed by atoms with Crippen molar-refractivity contribution in [2.45, 2.75) is 13.0 Å². The Morgan fingerprint density at radius 2 is 2.00 bits per heavy atom. The molecule has 1 amide bonds. The Balaban J connectivity index is 2.82. The van der Waals surface area contributed by atoms with Gasteiger partial charge in [0.05, 0.1) is 19.8 Å². The summed E-state index contributed by atoms with van der Waals surface area (Å²) in [5.41, 5.74) is 0.0616. The smallest absolute Gasteiger partial charge is 0.328 e. The summed E-state index contributed by atoms with van der Waals surface area (Å²) >= 11 is 0. The Morgan fingerprint density at radius 1 is 1.33 bits per heavy atom. The first-order valence-corrected chi connectivity index (χ1v) is 5.25. The van der Waals surface area contributed by atoms with E-state index in [-0.39, 0.29) is 11.3 Å². The minimum absolute atomic E-state index is 0.0616. The van der Waals surface area contributed by atoms with Gasteiger partial charge in [-0.3, -0.25) is 4.79 Å². The fourth-order valence-corrected chi connectivity index (χ4v) is 1.34. The molecule has 0 aliphatic rings. The number of benzene rings is 1. The first-order chi connectivity index (χ1) is 8.49. The van der Waals surface area contributed by atoms with Gasteiger partial charge in [0.25, 0.3) is 5.91 Å². The summed E-state index contributed by atoms with van der Waals surface area (Å²) in [6.07, 6.45) is 0. The van der Waals surface area contributed by atoms with Gasteiger partial charge in [0.15, 0.2) is 0 Å². The van der Waals surface area contributed by atoms with Crippen molar-refractivity contribution in [1.29, 1.82) is 0 Å². The number of amides is 1. The van der Waals surface area contributed by atoms with Gasteiger partial charge in [-0.05, 0) is 19.1 Å². The van der Waals surface area contributed by atoms with E-state index in [9.17, 15) is 14.7 Å². The van der Waals surface area contributed by atoms with Crippen LogP contribution in [0.4, 0.5) is 0 Å². The Hall–Kier alpha value is -2.24. The van der Waals surface area contributed by atoms with Crippen molar-refractivity contribution in [3.8, 4) is 11.5 Å². The predicted molar refractivity (Wildman–Crippen MR) is 63.6 cm³/mol. The minimum Gasteiger partial charge on any atom is -0.507 e. The van der Waals surface area contributed by atoms with Crippen LogP contribution >= 0.6 is 0 Å². The molecule has 2 N–H and O–H groups in total. The lowest BCUT2D eigenvalue weighted by atomic mass is 10.1. The third-order valence-corrected chi connectivity index (χ3v) is 2.35. The highest BCUT2D eigenvalue weighted by Crippen LogP contribution is 2.23. The summed E-state index contributed by atoms with van der Waals surface area (Å²) in [6, 6.07) is 3.48. The zero-order valence-corrected chi connectivity index (χ0v) is 10.4. The summed E-state index contributed by atoms with van der Waals surface area (Å²) in [5.74, 6) is -0.904. The van der Waals surface area contributed by atoms with Crippen LogP contribution in [0.25, 0.3) is 0 Å². The van der Waals surface area contributed by atoms with Crippen molar-refractivity contribution in [3.63, 3.8) is 0 Å². The Bertz CT molecular complexity index is 458. The number of methoxy groups -OCH3 is 2. The lowest BCUT2D eigenvalue weighted by molar-refractivity contribution is -0.142. The van der Waals surface area contributed by atoms with E-state index >= 15 is 0 Å². The van der Waals surface area contributed by atoms with E-state index in [0.717, 1.165) is 0 Å². The topological polar surface area (TPSA) is 84.9 Å². The van der Waals surface area contributed by atoms with Crippen molar-refractivity contribution < 1.29 is 24.2 Å². The van der Waals surface area contributed by atoms with E-state index in [4.69, 9.17) is 4.74 Å². The van der Waals surface area contributed by atoms with Gasteiger partial charge in [0, 0.05) is 6.07 Å². The molecule has 6 nitrogen and oxygen atoms in total. The molecule has 0 fully saturated rings. The standard InChI is InChI=1S/C12H15NO5/c1-7(12(16)18-3)13-11(15)9-5-4-8(17-2)6-10(9)14/h4-7,14H,1-3H3,(H,13,15). The van der Waals surface area contributed by atoms with Crippen LogP contribution in [-0.4, -0.2) is 37.2 Å². The van der Waals surface area contributed by atoms with Crippen molar-refractivity contribution in [3.05, 3.63) is 23.8 Å². The molecule has 18 heavy (non-hydrogen) atoms. The van der Waals surface area contributed by atoms with Gasteiger partial charge in [0.1, 0.15) is 17.5 Å². The molecular formula is C12H15NO5. The van der Waals surface area contributed by atoms with Gasteiger partial charge < -0.3 is 19.9 Å². The van der Waals surface area contributed by atoms with Crippen molar-refractivity contribution in [2.75, 3.05) is 14.2 Å². The molecule has 1 rings (SSSR count). The number of carbonyl (C=O) groups is 2. The summed E-state index contributed by atoms with van der Waals surface area (Å²) < 4.78 is 9.38. The molecule has 6 heteroatoms. The van der Waals surface area contributed by atoms with Crippen molar-refractivity contribution in [1.82, 2.24) is 5.32 Å². The van der Waals surface area contributed by atoms with E-state index in [0.29, 0.717) is 5.75 Å². The largest absolute Gasteiger partial charge is 0.507 e. The second-order valence-corrected chi connectivity index (χ2v) is 3.60. The average Bonchev–Trinajstić information content (AvgIpc) is 2.37. The van der Waals surface area contributed by atoms with Gasteiger partial charge in [-0.15, -0.1) is 0 Å². The second-order valence-electron chi connectivity index (χ2n) is 3.60. The number of phenolic OH excluding ortho intramolecular Hbond substituents is 1. The van der Waals surface area contributed by atoms with E-state index in [1.165, 1.54) is 39.3 Å². The van der Waals surface area contributed by atoms with Crippen LogP contribution in [0.5, 0.6) is 11.5 Å². The van der Waals surface area contributed by atoms with E-state index in [1.807, 2.05) is 0 Å². The predicted octanol–water partition coefficient (Wildman–Crippen LogP) is 0.692. The van der Waals surface area contributed by atoms with Crippen LogP contribution in [-0.2, 0) is 9.53 Å². The number of nitrogens with one attached hydrogen (secondary N) is 1. The van der Waals surface area contributed by atoms with E-state index in [2.05, 4.69) is 10.1 Å². The number of hydrogen-bond acceptors (Lipinski definition) is 5. The highest BCUT2D eigenvalue weighted by Gasteiger charge is 2.19. The van der Waals surface area contributed by atoms with Gasteiger partial charge >= 0.3 is 5.97 Å². The molecule has 1 aromatic rings. The SMILES string of the molecule is COC(=O)C(C)NC(=O)c1ccc(OC)cc1O. The number of aromatic hydroxyl groups is 1. The Labute approximate surface area is 105 Å². The molecule has 0 saturated carbocycles. The molecule has 0 spiro atoms. The number of esters is 1. The molecule has 1 aromatic carbocycles. The molecular weight excluding hydrogens is 238 g/mol. The molecule has 98 valence electrons. The highest BCUT2D eigenvalue weighted by atomic mass is 16.5. The van der Waals surface area contributed by atoms with Crippen LogP contribution in [0.15, 0.2) is 18.2 Å². The summed E-state index contributed by atoms with van der Waals surface area (Å²) in [5, 5.41) is 12.1. The second kappa shape index (κ2) is 5.90. The van der Waals surface area contributed by atoms with Crippen LogP contribution in [0.1, 0.15) is 17.3 Å².